The molecule has 2 rings (SSSR count). The number of benzene rings is 2. The third kappa shape index (κ3) is 8.61. The molecular weight excluding hydrogens is 320 g/mol. The van der Waals surface area contributed by atoms with Gasteiger partial charge < -0.3 is 15.7 Å². The Bertz CT molecular complexity index is 534. The molecular formula is C23H34N2O. The molecule has 142 valence electrons. The first-order valence-electron chi connectivity index (χ1n) is 9.86. The van der Waals surface area contributed by atoms with E-state index in [4.69, 9.17) is 0 Å². The van der Waals surface area contributed by atoms with Crippen molar-refractivity contribution in [2.24, 2.45) is 0 Å². The lowest BCUT2D eigenvalue weighted by Gasteiger charge is -2.20. The van der Waals surface area contributed by atoms with E-state index in [1.807, 2.05) is 0 Å². The van der Waals surface area contributed by atoms with E-state index in [0.717, 1.165) is 25.7 Å². The first kappa shape index (κ1) is 20.6. The van der Waals surface area contributed by atoms with Gasteiger partial charge in [-0.1, -0.05) is 60.7 Å². The van der Waals surface area contributed by atoms with Crippen LogP contribution in [0.5, 0.6) is 0 Å². The Balaban J connectivity index is 1.54. The van der Waals surface area contributed by atoms with Crippen molar-refractivity contribution < 1.29 is 5.11 Å². The predicted octanol–water partition coefficient (Wildman–Crippen LogP) is 3.57. The molecule has 2 aromatic rings. The summed E-state index contributed by atoms with van der Waals surface area (Å²) in [4.78, 5) is 0. The van der Waals surface area contributed by atoms with Crippen LogP contribution in [0.1, 0.15) is 37.8 Å². The molecule has 2 aromatic carbocycles. The Labute approximate surface area is 158 Å². The molecule has 2 unspecified atom stereocenters. The van der Waals surface area contributed by atoms with Crippen LogP contribution < -0.4 is 10.6 Å². The summed E-state index contributed by atoms with van der Waals surface area (Å²) in [5.41, 5.74) is 2.74. The van der Waals surface area contributed by atoms with E-state index >= 15 is 0 Å². The lowest BCUT2D eigenvalue weighted by molar-refractivity contribution is 0.160. The Morgan fingerprint density at radius 1 is 0.692 bits per heavy atom. The zero-order valence-electron chi connectivity index (χ0n) is 16.2. The zero-order valence-corrected chi connectivity index (χ0v) is 16.2. The minimum absolute atomic E-state index is 0.353. The highest BCUT2D eigenvalue weighted by Gasteiger charge is 2.09. The van der Waals surface area contributed by atoms with Crippen molar-refractivity contribution in [2.45, 2.75) is 57.7 Å². The Morgan fingerprint density at radius 3 is 1.46 bits per heavy atom. The predicted molar refractivity (Wildman–Crippen MR) is 110 cm³/mol. The number of hydrogen-bond acceptors (Lipinski definition) is 3. The summed E-state index contributed by atoms with van der Waals surface area (Å²) in [6.45, 7) is 5.64. The van der Waals surface area contributed by atoms with Crippen molar-refractivity contribution in [1.82, 2.24) is 10.6 Å². The fraction of sp³-hybridized carbons (Fsp3) is 0.478. The Morgan fingerprint density at radius 2 is 1.08 bits per heavy atom. The minimum atomic E-state index is -0.353. The molecule has 0 saturated carbocycles. The molecule has 3 N–H and O–H groups in total. The van der Waals surface area contributed by atoms with Gasteiger partial charge in [0.2, 0.25) is 0 Å². The molecule has 2 atom stereocenters. The largest absolute Gasteiger partial charge is 0.390 e. The van der Waals surface area contributed by atoms with Crippen molar-refractivity contribution in [3.8, 4) is 0 Å². The fourth-order valence-corrected chi connectivity index (χ4v) is 3.01. The molecule has 0 amide bonds. The van der Waals surface area contributed by atoms with Gasteiger partial charge in [-0.2, -0.15) is 0 Å². The van der Waals surface area contributed by atoms with Gasteiger partial charge in [0.25, 0.3) is 0 Å². The maximum Gasteiger partial charge on any atom is 0.0788 e. The summed E-state index contributed by atoms with van der Waals surface area (Å²) in [5.74, 6) is 0. The molecule has 0 aliphatic heterocycles. The number of aryl methyl sites for hydroxylation is 2. The zero-order chi connectivity index (χ0) is 18.6. The van der Waals surface area contributed by atoms with Gasteiger partial charge in [-0.3, -0.25) is 0 Å². The molecule has 3 heteroatoms. The van der Waals surface area contributed by atoms with Gasteiger partial charge in [-0.05, 0) is 50.7 Å². The van der Waals surface area contributed by atoms with Gasteiger partial charge >= 0.3 is 0 Å². The summed E-state index contributed by atoms with van der Waals surface area (Å²) in [7, 11) is 0. The van der Waals surface area contributed by atoms with Crippen LogP contribution >= 0.6 is 0 Å². The molecule has 26 heavy (non-hydrogen) atoms. The van der Waals surface area contributed by atoms with Crippen molar-refractivity contribution in [3.05, 3.63) is 71.8 Å². The molecule has 0 saturated heterocycles. The summed E-state index contributed by atoms with van der Waals surface area (Å²) < 4.78 is 0. The molecule has 0 aromatic heterocycles. The van der Waals surface area contributed by atoms with Gasteiger partial charge in [0.05, 0.1) is 6.10 Å². The van der Waals surface area contributed by atoms with Crippen molar-refractivity contribution in [2.75, 3.05) is 13.1 Å². The number of nitrogens with one attached hydrogen (secondary N) is 2. The second kappa shape index (κ2) is 11.8. The van der Waals surface area contributed by atoms with Crippen LogP contribution in [0.2, 0.25) is 0 Å². The molecule has 0 fully saturated rings. The second-order valence-corrected chi connectivity index (χ2v) is 7.32. The average molecular weight is 355 g/mol. The summed E-state index contributed by atoms with van der Waals surface area (Å²) in [5, 5.41) is 17.1. The lowest BCUT2D eigenvalue weighted by Crippen LogP contribution is -2.41. The quantitative estimate of drug-likeness (QED) is 0.546. The third-order valence-electron chi connectivity index (χ3n) is 4.82. The molecule has 0 aliphatic rings. The lowest BCUT2D eigenvalue weighted by atomic mass is 10.1. The van der Waals surface area contributed by atoms with Crippen molar-refractivity contribution in [1.29, 1.82) is 0 Å². The van der Waals surface area contributed by atoms with Crippen molar-refractivity contribution >= 4 is 0 Å². The monoisotopic (exact) mass is 354 g/mol. The average Bonchev–Trinajstić information content (AvgIpc) is 2.69. The third-order valence-corrected chi connectivity index (χ3v) is 4.82. The first-order chi connectivity index (χ1) is 12.6. The van der Waals surface area contributed by atoms with Crippen LogP contribution in [0.15, 0.2) is 60.7 Å². The number of rotatable bonds is 12. The Kier molecular flexibility index (Phi) is 9.40. The molecule has 0 bridgehead atoms. The van der Waals surface area contributed by atoms with E-state index in [1.54, 1.807) is 0 Å². The summed E-state index contributed by atoms with van der Waals surface area (Å²) in [6, 6.07) is 21.9. The van der Waals surface area contributed by atoms with Gasteiger partial charge in [0.1, 0.15) is 0 Å². The normalized spacial score (nSPS) is 14.7. The van der Waals surface area contributed by atoms with Crippen molar-refractivity contribution in [3.63, 3.8) is 0 Å². The minimum Gasteiger partial charge on any atom is -0.390 e. The second-order valence-electron chi connectivity index (χ2n) is 7.32. The maximum atomic E-state index is 10.2. The van der Waals surface area contributed by atoms with Crippen LogP contribution in [0.4, 0.5) is 0 Å². The van der Waals surface area contributed by atoms with E-state index in [-0.39, 0.29) is 6.10 Å². The number of hydrogen-bond donors (Lipinski definition) is 3. The first-order valence-corrected chi connectivity index (χ1v) is 9.86. The molecule has 0 radical (unpaired) electrons. The smallest absolute Gasteiger partial charge is 0.0788 e. The molecule has 3 nitrogen and oxygen atoms in total. The number of aliphatic hydroxyl groups is 1. The van der Waals surface area contributed by atoms with Crippen LogP contribution in [0.3, 0.4) is 0 Å². The standard InChI is InChI=1S/C23H34N2O/c1-19(13-15-21-9-5-3-6-10-21)24-17-23(26)18-25-20(2)14-16-22-11-7-4-8-12-22/h3-12,19-20,23-26H,13-18H2,1-2H3. The summed E-state index contributed by atoms with van der Waals surface area (Å²) in [6.07, 6.45) is 3.95. The highest BCUT2D eigenvalue weighted by molar-refractivity contribution is 5.15. The molecule has 0 spiro atoms. The van der Waals surface area contributed by atoms with Crippen LogP contribution in [-0.4, -0.2) is 36.4 Å². The maximum absolute atomic E-state index is 10.2. The van der Waals surface area contributed by atoms with E-state index in [0.29, 0.717) is 25.2 Å². The van der Waals surface area contributed by atoms with Gasteiger partial charge in [-0.15, -0.1) is 0 Å². The SMILES string of the molecule is CC(CCc1ccccc1)NCC(O)CNC(C)CCc1ccccc1. The van der Waals surface area contributed by atoms with Crippen LogP contribution in [0, 0.1) is 0 Å². The summed E-state index contributed by atoms with van der Waals surface area (Å²) >= 11 is 0. The van der Waals surface area contributed by atoms with E-state index in [1.165, 1.54) is 11.1 Å². The van der Waals surface area contributed by atoms with Gasteiger partial charge in [-0.25, -0.2) is 0 Å². The highest BCUT2D eigenvalue weighted by atomic mass is 16.3. The van der Waals surface area contributed by atoms with E-state index in [2.05, 4.69) is 85.1 Å². The Hall–Kier alpha value is -1.68. The van der Waals surface area contributed by atoms with E-state index < -0.39 is 0 Å². The molecule has 0 heterocycles. The topological polar surface area (TPSA) is 44.3 Å². The van der Waals surface area contributed by atoms with Gasteiger partial charge in [0, 0.05) is 25.2 Å². The van der Waals surface area contributed by atoms with Crippen LogP contribution in [-0.2, 0) is 12.8 Å². The van der Waals surface area contributed by atoms with Crippen LogP contribution in [0.25, 0.3) is 0 Å². The number of aliphatic hydroxyl groups excluding tert-OH is 1. The molecule has 0 aliphatic carbocycles. The fourth-order valence-electron chi connectivity index (χ4n) is 3.01. The van der Waals surface area contributed by atoms with Gasteiger partial charge in [0.15, 0.2) is 0 Å². The highest BCUT2D eigenvalue weighted by Crippen LogP contribution is 2.06. The van der Waals surface area contributed by atoms with E-state index in [9.17, 15) is 5.11 Å².